The van der Waals surface area contributed by atoms with Crippen LogP contribution in [0.1, 0.15) is 10.6 Å². The zero-order valence-electron chi connectivity index (χ0n) is 12.0. The summed E-state index contributed by atoms with van der Waals surface area (Å²) in [5, 5.41) is 5.72. The number of carbonyl (C=O) groups excluding carboxylic acids is 2. The SMILES string of the molecule is O=C(CNC(=O)c1ccc(Br)o1)NCCOc1ccc(Cl)cc1. The van der Waals surface area contributed by atoms with Gasteiger partial charge in [0.05, 0.1) is 13.1 Å². The van der Waals surface area contributed by atoms with Gasteiger partial charge in [0.2, 0.25) is 5.91 Å². The van der Waals surface area contributed by atoms with E-state index >= 15 is 0 Å². The minimum absolute atomic E-state index is 0.135. The Labute approximate surface area is 146 Å². The zero-order valence-corrected chi connectivity index (χ0v) is 14.3. The number of ether oxygens (including phenoxy) is 1. The van der Waals surface area contributed by atoms with E-state index in [1.54, 1.807) is 30.3 Å². The van der Waals surface area contributed by atoms with Crippen molar-refractivity contribution in [1.82, 2.24) is 10.6 Å². The molecule has 0 spiro atoms. The third-order valence-corrected chi connectivity index (χ3v) is 3.39. The molecule has 122 valence electrons. The van der Waals surface area contributed by atoms with E-state index in [1.807, 2.05) is 0 Å². The van der Waals surface area contributed by atoms with Gasteiger partial charge in [-0.15, -0.1) is 0 Å². The van der Waals surface area contributed by atoms with E-state index in [2.05, 4.69) is 26.6 Å². The van der Waals surface area contributed by atoms with Gasteiger partial charge in [-0.05, 0) is 52.3 Å². The monoisotopic (exact) mass is 400 g/mol. The maximum Gasteiger partial charge on any atom is 0.287 e. The van der Waals surface area contributed by atoms with Crippen molar-refractivity contribution < 1.29 is 18.7 Å². The standard InChI is InChI=1S/C15H14BrClN2O4/c16-13-6-5-12(23-13)15(21)19-9-14(20)18-7-8-22-11-3-1-10(17)2-4-11/h1-6H,7-9H2,(H,18,20)(H,19,21). The van der Waals surface area contributed by atoms with Crippen LogP contribution in [-0.4, -0.2) is 31.5 Å². The van der Waals surface area contributed by atoms with Crippen LogP contribution in [0.2, 0.25) is 5.02 Å². The molecule has 0 aliphatic heterocycles. The molecule has 2 N–H and O–H groups in total. The van der Waals surface area contributed by atoms with Gasteiger partial charge in [0.15, 0.2) is 10.4 Å². The van der Waals surface area contributed by atoms with Gasteiger partial charge in [0.25, 0.3) is 5.91 Å². The molecule has 23 heavy (non-hydrogen) atoms. The fraction of sp³-hybridized carbons (Fsp3) is 0.200. The smallest absolute Gasteiger partial charge is 0.287 e. The minimum Gasteiger partial charge on any atom is -0.492 e. The number of nitrogens with one attached hydrogen (secondary N) is 2. The van der Waals surface area contributed by atoms with Gasteiger partial charge in [0, 0.05) is 5.02 Å². The second-order valence-electron chi connectivity index (χ2n) is 4.44. The average molecular weight is 402 g/mol. The van der Waals surface area contributed by atoms with Crippen LogP contribution >= 0.6 is 27.5 Å². The number of carbonyl (C=O) groups is 2. The van der Waals surface area contributed by atoms with Gasteiger partial charge in [0.1, 0.15) is 12.4 Å². The summed E-state index contributed by atoms with van der Waals surface area (Å²) in [6.07, 6.45) is 0. The van der Waals surface area contributed by atoms with Gasteiger partial charge < -0.3 is 19.8 Å². The van der Waals surface area contributed by atoms with Crippen LogP contribution in [0.3, 0.4) is 0 Å². The van der Waals surface area contributed by atoms with E-state index in [9.17, 15) is 9.59 Å². The molecule has 8 heteroatoms. The fourth-order valence-corrected chi connectivity index (χ4v) is 2.07. The molecule has 1 aromatic heterocycles. The lowest BCUT2D eigenvalue weighted by molar-refractivity contribution is -0.120. The van der Waals surface area contributed by atoms with Gasteiger partial charge in [-0.3, -0.25) is 9.59 Å². The van der Waals surface area contributed by atoms with Gasteiger partial charge in [-0.2, -0.15) is 0 Å². The topological polar surface area (TPSA) is 80.6 Å². The highest BCUT2D eigenvalue weighted by molar-refractivity contribution is 9.10. The Balaban J connectivity index is 1.61. The Morgan fingerprint density at radius 1 is 1.13 bits per heavy atom. The van der Waals surface area contributed by atoms with Gasteiger partial charge in [-0.1, -0.05) is 11.6 Å². The van der Waals surface area contributed by atoms with Crippen molar-refractivity contribution in [2.24, 2.45) is 0 Å². The molecule has 1 heterocycles. The second-order valence-corrected chi connectivity index (χ2v) is 5.66. The Hall–Kier alpha value is -1.99. The normalized spacial score (nSPS) is 10.2. The Kier molecular flexibility index (Phi) is 6.49. The van der Waals surface area contributed by atoms with Crippen molar-refractivity contribution in [1.29, 1.82) is 0 Å². The quantitative estimate of drug-likeness (QED) is 0.699. The molecule has 0 atom stereocenters. The molecule has 2 aromatic rings. The van der Waals surface area contributed by atoms with Crippen LogP contribution in [-0.2, 0) is 4.79 Å². The first-order valence-corrected chi connectivity index (χ1v) is 7.90. The molecule has 0 saturated heterocycles. The highest BCUT2D eigenvalue weighted by Gasteiger charge is 2.11. The third-order valence-electron chi connectivity index (χ3n) is 2.71. The summed E-state index contributed by atoms with van der Waals surface area (Å²) in [5.41, 5.74) is 0. The summed E-state index contributed by atoms with van der Waals surface area (Å²) >= 11 is 8.86. The number of rotatable bonds is 7. The van der Waals surface area contributed by atoms with Gasteiger partial charge in [-0.25, -0.2) is 0 Å². The molecule has 0 aliphatic rings. The lowest BCUT2D eigenvalue weighted by Crippen LogP contribution is -2.38. The second kappa shape index (κ2) is 8.59. The molecule has 1 aromatic carbocycles. The van der Waals surface area contributed by atoms with Crippen molar-refractivity contribution >= 4 is 39.3 Å². The van der Waals surface area contributed by atoms with E-state index in [1.165, 1.54) is 6.07 Å². The molecule has 2 rings (SSSR count). The minimum atomic E-state index is -0.455. The summed E-state index contributed by atoms with van der Waals surface area (Å²) in [6.45, 7) is 0.494. The molecule has 0 saturated carbocycles. The molecular weight excluding hydrogens is 388 g/mol. The first kappa shape index (κ1) is 17.4. The zero-order chi connectivity index (χ0) is 16.7. The van der Waals surface area contributed by atoms with E-state index in [0.29, 0.717) is 28.6 Å². The molecule has 6 nitrogen and oxygen atoms in total. The van der Waals surface area contributed by atoms with Crippen molar-refractivity contribution in [3.8, 4) is 5.75 Å². The number of hydrogen-bond donors (Lipinski definition) is 2. The first-order valence-electron chi connectivity index (χ1n) is 6.73. The Morgan fingerprint density at radius 3 is 2.52 bits per heavy atom. The summed E-state index contributed by atoms with van der Waals surface area (Å²) < 4.78 is 11.0. The lowest BCUT2D eigenvalue weighted by Gasteiger charge is -2.08. The molecule has 0 fully saturated rings. The van der Waals surface area contributed by atoms with E-state index in [-0.39, 0.29) is 18.2 Å². The highest BCUT2D eigenvalue weighted by atomic mass is 79.9. The van der Waals surface area contributed by atoms with E-state index < -0.39 is 5.91 Å². The largest absolute Gasteiger partial charge is 0.492 e. The third kappa shape index (κ3) is 5.96. The first-order chi connectivity index (χ1) is 11.0. The highest BCUT2D eigenvalue weighted by Crippen LogP contribution is 2.15. The Morgan fingerprint density at radius 2 is 1.87 bits per heavy atom. The molecule has 0 bridgehead atoms. The van der Waals surface area contributed by atoms with Crippen LogP contribution < -0.4 is 15.4 Å². The molecular formula is C15H14BrClN2O4. The summed E-state index contributed by atoms with van der Waals surface area (Å²) in [4.78, 5) is 23.3. The maximum absolute atomic E-state index is 11.7. The fourth-order valence-electron chi connectivity index (χ4n) is 1.64. The lowest BCUT2D eigenvalue weighted by atomic mass is 10.3. The van der Waals surface area contributed by atoms with Crippen LogP contribution in [0.15, 0.2) is 45.5 Å². The molecule has 0 unspecified atom stereocenters. The number of benzene rings is 1. The Bertz CT molecular complexity index is 672. The van der Waals surface area contributed by atoms with E-state index in [0.717, 1.165) is 0 Å². The van der Waals surface area contributed by atoms with Crippen LogP contribution in [0.4, 0.5) is 0 Å². The molecule has 0 aliphatic carbocycles. The maximum atomic E-state index is 11.7. The van der Waals surface area contributed by atoms with Crippen molar-refractivity contribution in [2.45, 2.75) is 0 Å². The number of amides is 2. The van der Waals surface area contributed by atoms with Crippen molar-refractivity contribution in [2.75, 3.05) is 19.7 Å². The molecule has 0 radical (unpaired) electrons. The summed E-state index contributed by atoms with van der Waals surface area (Å²) in [5.74, 6) is 0.0306. The van der Waals surface area contributed by atoms with Crippen molar-refractivity contribution in [3.05, 3.63) is 51.9 Å². The number of halogens is 2. The molecule has 2 amide bonds. The average Bonchev–Trinajstić information content (AvgIpc) is 2.97. The summed E-state index contributed by atoms with van der Waals surface area (Å²) in [6, 6.07) is 10.0. The predicted octanol–water partition coefficient (Wildman–Crippen LogP) is 2.62. The van der Waals surface area contributed by atoms with Crippen LogP contribution in [0.5, 0.6) is 5.75 Å². The van der Waals surface area contributed by atoms with Crippen LogP contribution in [0, 0.1) is 0 Å². The van der Waals surface area contributed by atoms with Crippen LogP contribution in [0.25, 0.3) is 0 Å². The van der Waals surface area contributed by atoms with Gasteiger partial charge >= 0.3 is 0 Å². The summed E-state index contributed by atoms with van der Waals surface area (Å²) in [7, 11) is 0. The van der Waals surface area contributed by atoms with E-state index in [4.69, 9.17) is 20.8 Å². The number of furan rings is 1. The predicted molar refractivity (Wildman–Crippen MR) is 88.7 cm³/mol. The van der Waals surface area contributed by atoms with Crippen molar-refractivity contribution in [3.63, 3.8) is 0 Å². The number of hydrogen-bond acceptors (Lipinski definition) is 4.